The van der Waals surface area contributed by atoms with Gasteiger partial charge in [-0.2, -0.15) is 0 Å². The lowest BCUT2D eigenvalue weighted by molar-refractivity contribution is 0.0772. The van der Waals surface area contributed by atoms with Crippen molar-refractivity contribution in [3.8, 4) is 0 Å². The molecule has 4 nitrogen and oxygen atoms in total. The van der Waals surface area contributed by atoms with E-state index in [0.717, 1.165) is 17.8 Å². The zero-order chi connectivity index (χ0) is 11.3. The molecule has 0 saturated carbocycles. The Hall–Kier alpha value is -0.940. The molecule has 0 atom stereocenters. The molecule has 0 aliphatic heterocycles. The van der Waals surface area contributed by atoms with Crippen LogP contribution < -0.4 is 0 Å². The highest BCUT2D eigenvalue weighted by molar-refractivity contribution is 7.17. The molecule has 0 bridgehead atoms. The average molecular weight is 246 g/mol. The Balaban J connectivity index is 2.75. The monoisotopic (exact) mass is 245 g/mol. The van der Waals surface area contributed by atoms with Gasteiger partial charge in [-0.15, -0.1) is 16.8 Å². The molecular formula is C9H12ClN3OS. The van der Waals surface area contributed by atoms with E-state index in [4.69, 9.17) is 11.6 Å². The summed E-state index contributed by atoms with van der Waals surface area (Å²) in [5, 5.41) is 7.64. The summed E-state index contributed by atoms with van der Waals surface area (Å²) in [5.74, 6) is -0.138. The Morgan fingerprint density at radius 2 is 2.40 bits per heavy atom. The first-order valence-corrected chi connectivity index (χ1v) is 5.77. The Bertz CT molecular complexity index is 353. The number of nitrogens with zero attached hydrogens (tertiary/aromatic N) is 3. The first-order chi connectivity index (χ1) is 7.19. The topological polar surface area (TPSA) is 46.1 Å². The van der Waals surface area contributed by atoms with Crippen LogP contribution in [0.15, 0.2) is 12.7 Å². The van der Waals surface area contributed by atoms with Crippen LogP contribution in [-0.4, -0.2) is 34.1 Å². The van der Waals surface area contributed by atoms with Crippen LogP contribution >= 0.6 is 22.9 Å². The molecule has 1 rings (SSSR count). The Kier molecular flexibility index (Phi) is 4.71. The molecule has 1 aromatic rings. The summed E-state index contributed by atoms with van der Waals surface area (Å²) in [7, 11) is 0. The summed E-state index contributed by atoms with van der Waals surface area (Å²) < 4.78 is 0.286. The third kappa shape index (κ3) is 3.28. The van der Waals surface area contributed by atoms with E-state index in [-0.39, 0.29) is 10.4 Å². The van der Waals surface area contributed by atoms with Crippen molar-refractivity contribution in [2.24, 2.45) is 0 Å². The van der Waals surface area contributed by atoms with Crippen LogP contribution in [0, 0.1) is 0 Å². The number of aromatic nitrogens is 2. The molecule has 15 heavy (non-hydrogen) atoms. The molecular weight excluding hydrogens is 234 g/mol. The molecule has 0 aliphatic carbocycles. The summed E-state index contributed by atoms with van der Waals surface area (Å²) in [6.07, 6.45) is 2.59. The SMILES string of the molecule is C=CCN(CCC)C(=O)c1nnc(Cl)s1. The summed E-state index contributed by atoms with van der Waals surface area (Å²) in [5.41, 5.74) is 0. The zero-order valence-corrected chi connectivity index (χ0v) is 10.0. The number of hydrogen-bond acceptors (Lipinski definition) is 4. The second-order valence-corrected chi connectivity index (χ2v) is 4.46. The highest BCUT2D eigenvalue weighted by Crippen LogP contribution is 2.16. The molecule has 1 heterocycles. The first-order valence-electron chi connectivity index (χ1n) is 4.58. The molecule has 0 aromatic carbocycles. The van der Waals surface area contributed by atoms with E-state index in [0.29, 0.717) is 18.1 Å². The molecule has 0 spiro atoms. The third-order valence-corrected chi connectivity index (χ3v) is 2.72. The number of hydrogen-bond donors (Lipinski definition) is 0. The van der Waals surface area contributed by atoms with E-state index >= 15 is 0 Å². The van der Waals surface area contributed by atoms with Crippen molar-refractivity contribution in [3.63, 3.8) is 0 Å². The van der Waals surface area contributed by atoms with E-state index in [9.17, 15) is 4.79 Å². The van der Waals surface area contributed by atoms with Crippen molar-refractivity contribution in [2.45, 2.75) is 13.3 Å². The molecule has 0 radical (unpaired) electrons. The predicted octanol–water partition coefficient (Wildman–Crippen LogP) is 2.23. The summed E-state index contributed by atoms with van der Waals surface area (Å²) in [4.78, 5) is 13.5. The predicted molar refractivity (Wildman–Crippen MR) is 61.3 cm³/mol. The zero-order valence-electron chi connectivity index (χ0n) is 8.44. The second-order valence-electron chi connectivity index (χ2n) is 2.90. The van der Waals surface area contributed by atoms with Crippen LogP contribution in [0.4, 0.5) is 0 Å². The summed E-state index contributed by atoms with van der Waals surface area (Å²) >= 11 is 6.71. The van der Waals surface area contributed by atoms with E-state index in [2.05, 4.69) is 16.8 Å². The number of carbonyl (C=O) groups is 1. The van der Waals surface area contributed by atoms with Gasteiger partial charge in [0.1, 0.15) is 0 Å². The van der Waals surface area contributed by atoms with E-state index in [1.807, 2.05) is 6.92 Å². The second kappa shape index (κ2) is 5.82. The molecule has 0 unspecified atom stereocenters. The molecule has 0 fully saturated rings. The average Bonchev–Trinajstić information content (AvgIpc) is 2.63. The number of halogens is 1. The standard InChI is InChI=1S/C9H12ClN3OS/c1-3-5-13(6-4-2)8(14)7-11-12-9(10)15-7/h3H,1,4-6H2,2H3. The van der Waals surface area contributed by atoms with Gasteiger partial charge in [0, 0.05) is 13.1 Å². The fourth-order valence-corrected chi connectivity index (χ4v) is 1.92. The molecule has 0 saturated heterocycles. The largest absolute Gasteiger partial charge is 0.333 e. The lowest BCUT2D eigenvalue weighted by Gasteiger charge is -2.18. The molecule has 1 aromatic heterocycles. The minimum absolute atomic E-state index is 0.138. The van der Waals surface area contributed by atoms with Gasteiger partial charge in [0.15, 0.2) is 0 Å². The van der Waals surface area contributed by atoms with Gasteiger partial charge in [0.2, 0.25) is 9.47 Å². The minimum Gasteiger partial charge on any atom is -0.333 e. The fraction of sp³-hybridized carbons (Fsp3) is 0.444. The summed E-state index contributed by atoms with van der Waals surface area (Å²) in [6.45, 7) is 6.82. The Morgan fingerprint density at radius 3 is 2.87 bits per heavy atom. The highest BCUT2D eigenvalue weighted by Gasteiger charge is 2.18. The van der Waals surface area contributed by atoms with Crippen LogP contribution in [0.2, 0.25) is 4.47 Å². The van der Waals surface area contributed by atoms with Gasteiger partial charge in [-0.1, -0.05) is 24.3 Å². The van der Waals surface area contributed by atoms with Crippen molar-refractivity contribution >= 4 is 28.8 Å². The van der Waals surface area contributed by atoms with Crippen molar-refractivity contribution in [1.82, 2.24) is 15.1 Å². The molecule has 0 N–H and O–H groups in total. The number of carbonyl (C=O) groups excluding carboxylic acids is 1. The van der Waals surface area contributed by atoms with Gasteiger partial charge in [-0.05, 0) is 18.0 Å². The normalized spacial score (nSPS) is 10.0. The maximum absolute atomic E-state index is 11.9. The summed E-state index contributed by atoms with van der Waals surface area (Å²) in [6, 6.07) is 0. The quantitative estimate of drug-likeness (QED) is 0.748. The fourth-order valence-electron chi connectivity index (χ4n) is 1.13. The minimum atomic E-state index is -0.138. The van der Waals surface area contributed by atoms with Gasteiger partial charge < -0.3 is 4.90 Å². The lowest BCUT2D eigenvalue weighted by atomic mass is 10.4. The molecule has 0 aliphatic rings. The van der Waals surface area contributed by atoms with Crippen LogP contribution in [0.1, 0.15) is 23.1 Å². The Labute approximate surface area is 97.6 Å². The smallest absolute Gasteiger partial charge is 0.285 e. The van der Waals surface area contributed by atoms with Gasteiger partial charge in [-0.3, -0.25) is 4.79 Å². The molecule has 1 amide bonds. The maximum atomic E-state index is 11.9. The van der Waals surface area contributed by atoms with E-state index in [1.54, 1.807) is 11.0 Å². The van der Waals surface area contributed by atoms with E-state index in [1.165, 1.54) is 0 Å². The third-order valence-electron chi connectivity index (χ3n) is 1.71. The number of rotatable bonds is 5. The van der Waals surface area contributed by atoms with Gasteiger partial charge in [0.05, 0.1) is 0 Å². The van der Waals surface area contributed by atoms with Crippen LogP contribution in [-0.2, 0) is 0 Å². The Morgan fingerprint density at radius 1 is 1.67 bits per heavy atom. The first kappa shape index (κ1) is 12.1. The van der Waals surface area contributed by atoms with Crippen molar-refractivity contribution in [1.29, 1.82) is 0 Å². The van der Waals surface area contributed by atoms with Crippen LogP contribution in [0.5, 0.6) is 0 Å². The van der Waals surface area contributed by atoms with Crippen molar-refractivity contribution < 1.29 is 4.79 Å². The van der Waals surface area contributed by atoms with Crippen LogP contribution in [0.3, 0.4) is 0 Å². The molecule has 6 heteroatoms. The van der Waals surface area contributed by atoms with Gasteiger partial charge in [-0.25, -0.2) is 0 Å². The van der Waals surface area contributed by atoms with E-state index < -0.39 is 0 Å². The highest BCUT2D eigenvalue weighted by atomic mass is 35.5. The molecule has 82 valence electrons. The van der Waals surface area contributed by atoms with Crippen molar-refractivity contribution in [3.05, 3.63) is 22.1 Å². The number of amides is 1. The van der Waals surface area contributed by atoms with Gasteiger partial charge >= 0.3 is 0 Å². The lowest BCUT2D eigenvalue weighted by Crippen LogP contribution is -2.31. The van der Waals surface area contributed by atoms with Gasteiger partial charge in [0.25, 0.3) is 5.91 Å². The van der Waals surface area contributed by atoms with Crippen molar-refractivity contribution in [2.75, 3.05) is 13.1 Å². The van der Waals surface area contributed by atoms with Crippen LogP contribution in [0.25, 0.3) is 0 Å². The maximum Gasteiger partial charge on any atom is 0.285 e.